The van der Waals surface area contributed by atoms with Gasteiger partial charge in [0, 0.05) is 0 Å². The van der Waals surface area contributed by atoms with E-state index in [9.17, 15) is 26.3 Å². The Hall–Kier alpha value is -3.79. The first-order chi connectivity index (χ1) is 16.4. The molecule has 3 aromatic carbocycles. The monoisotopic (exact) mass is 519 g/mol. The third-order valence-corrected chi connectivity index (χ3v) is 8.18. The number of rotatable bonds is 4. The minimum absolute atomic E-state index is 0.322. The quantitative estimate of drug-likeness (QED) is 0.262. The molecule has 0 atom stereocenters. The molecule has 1 spiro atoms. The van der Waals surface area contributed by atoms with Gasteiger partial charge in [-0.25, -0.2) is 0 Å². The third kappa shape index (κ3) is 3.65. The number of allylic oxidation sites excluding steroid dienone is 2. The number of hydrogen-bond donors (Lipinski definition) is 0. The summed E-state index contributed by atoms with van der Waals surface area (Å²) in [5.41, 5.74) is 0. The van der Waals surface area contributed by atoms with E-state index in [1.165, 1.54) is 84.9 Å². The molecule has 0 aliphatic carbocycles. The van der Waals surface area contributed by atoms with Crippen molar-refractivity contribution in [2.24, 2.45) is 0 Å². The predicted octanol–water partition coefficient (Wildman–Crippen LogP) is 7.58. The van der Waals surface area contributed by atoms with E-state index in [0.717, 1.165) is 0 Å². The molecule has 0 N–H and O–H groups in total. The number of hydrogen-bond acceptors (Lipinski definition) is 6. The van der Waals surface area contributed by atoms with E-state index >= 15 is 0 Å². The van der Waals surface area contributed by atoms with Crippen LogP contribution in [-0.2, 0) is 9.05 Å². The fourth-order valence-corrected chi connectivity index (χ4v) is 7.38. The van der Waals surface area contributed by atoms with Gasteiger partial charge in [0.2, 0.25) is 0 Å². The maximum absolute atomic E-state index is 14.0. The molecule has 13 heteroatoms. The Bertz CT molecular complexity index is 1220. The van der Waals surface area contributed by atoms with Crippen molar-refractivity contribution >= 4 is 7.31 Å². The van der Waals surface area contributed by atoms with Crippen LogP contribution < -0.4 is 18.1 Å². The molecule has 0 aromatic heterocycles. The zero-order chi connectivity index (χ0) is 25.0. The molecular formula is C22H14F6O6P-. The van der Waals surface area contributed by atoms with Crippen molar-refractivity contribution in [3.05, 3.63) is 96.4 Å². The molecule has 0 unspecified atom stereocenters. The van der Waals surface area contributed by atoms with Crippen LogP contribution in [0.5, 0.6) is 23.0 Å². The summed E-state index contributed by atoms with van der Waals surface area (Å²) in [7, 11) is -7.52. The van der Waals surface area contributed by atoms with Gasteiger partial charge in [-0.3, -0.25) is 0 Å². The van der Waals surface area contributed by atoms with E-state index in [4.69, 9.17) is 27.1 Å². The summed E-state index contributed by atoms with van der Waals surface area (Å²) >= 11 is 0. The molecule has 6 nitrogen and oxygen atoms in total. The SMILES string of the molecule is FC(F)(F)C1=C(C(F)(F)F)O[P-]2(Oc3ccccc3)(Oc3ccccc3)(O1)Oc1ccccc1O2. The molecule has 3 aromatic rings. The number of alkyl halides is 6. The van der Waals surface area contributed by atoms with Gasteiger partial charge in [-0.05, 0) is 0 Å². The second kappa shape index (κ2) is 6.88. The van der Waals surface area contributed by atoms with Crippen LogP contribution in [0.2, 0.25) is 0 Å². The van der Waals surface area contributed by atoms with Gasteiger partial charge in [0.1, 0.15) is 0 Å². The van der Waals surface area contributed by atoms with E-state index in [2.05, 4.69) is 0 Å². The fourth-order valence-electron chi connectivity index (χ4n) is 3.49. The molecule has 0 bridgehead atoms. The van der Waals surface area contributed by atoms with Crippen LogP contribution in [0, 0.1) is 0 Å². The molecule has 2 aliphatic rings. The van der Waals surface area contributed by atoms with Crippen LogP contribution in [0.3, 0.4) is 0 Å². The number of fused-ring (bicyclic) bond motifs is 1. The third-order valence-electron chi connectivity index (χ3n) is 4.76. The molecular weight excluding hydrogens is 505 g/mol. The number of halogens is 6. The average Bonchev–Trinajstić information content (AvgIpc) is 3.26. The van der Waals surface area contributed by atoms with Gasteiger partial charge in [0.25, 0.3) is 0 Å². The summed E-state index contributed by atoms with van der Waals surface area (Å²) in [5.74, 6) is -6.48. The first-order valence-electron chi connectivity index (χ1n) is 9.85. The van der Waals surface area contributed by atoms with Gasteiger partial charge in [-0.2, -0.15) is 0 Å². The van der Waals surface area contributed by atoms with E-state index in [0.29, 0.717) is 0 Å². The van der Waals surface area contributed by atoms with E-state index in [1.54, 1.807) is 0 Å². The van der Waals surface area contributed by atoms with Gasteiger partial charge in [0.05, 0.1) is 0 Å². The van der Waals surface area contributed by atoms with E-state index in [-0.39, 0.29) is 23.0 Å². The average molecular weight is 519 g/mol. The summed E-state index contributed by atoms with van der Waals surface area (Å²) in [6, 6.07) is 18.8. The zero-order valence-electron chi connectivity index (χ0n) is 17.2. The van der Waals surface area contributed by atoms with Crippen LogP contribution >= 0.6 is 7.31 Å². The van der Waals surface area contributed by atoms with Crippen LogP contribution in [0.25, 0.3) is 0 Å². The molecule has 186 valence electrons. The normalized spacial score (nSPS) is 21.1. The van der Waals surface area contributed by atoms with Crippen LogP contribution in [0.1, 0.15) is 0 Å². The topological polar surface area (TPSA) is 55.4 Å². The van der Waals surface area contributed by atoms with Crippen molar-refractivity contribution < 1.29 is 53.5 Å². The van der Waals surface area contributed by atoms with Gasteiger partial charge in [0.15, 0.2) is 0 Å². The second-order valence-electron chi connectivity index (χ2n) is 7.39. The Morgan fingerprint density at radius 2 is 0.829 bits per heavy atom. The van der Waals surface area contributed by atoms with Gasteiger partial charge in [-0.15, -0.1) is 0 Å². The van der Waals surface area contributed by atoms with Gasteiger partial charge >= 0.3 is 193 Å². The van der Waals surface area contributed by atoms with Gasteiger partial charge in [-0.1, -0.05) is 0 Å². The molecule has 0 saturated carbocycles. The zero-order valence-corrected chi connectivity index (χ0v) is 18.1. The van der Waals surface area contributed by atoms with Crippen LogP contribution in [0.15, 0.2) is 96.4 Å². The van der Waals surface area contributed by atoms with E-state index < -0.39 is 31.2 Å². The summed E-state index contributed by atoms with van der Waals surface area (Å²) in [6.45, 7) is 0. The Labute approximate surface area is 193 Å². The van der Waals surface area contributed by atoms with Crippen LogP contribution in [0.4, 0.5) is 26.3 Å². The van der Waals surface area contributed by atoms with Crippen LogP contribution in [-0.4, -0.2) is 12.4 Å². The van der Waals surface area contributed by atoms with Crippen molar-refractivity contribution in [2.45, 2.75) is 12.4 Å². The molecule has 0 saturated heterocycles. The molecule has 2 aliphatic heterocycles. The minimum atomic E-state index is -7.52. The standard InChI is InChI=1S/C22H14F6O6P/c23-21(24,25)19-20(22(26,27)28)34-35(33-19,29-15-9-3-1-4-10-15,30-16-11-5-2-6-12-16)31-17-13-7-8-14-18(17)32-35/h1-14H/q-1. The first kappa shape index (κ1) is 23.0. The maximum atomic E-state index is 14.0. The Kier molecular flexibility index (Phi) is 4.52. The molecule has 0 amide bonds. The molecule has 5 rings (SSSR count). The summed E-state index contributed by atoms with van der Waals surface area (Å²) < 4.78 is 117. The van der Waals surface area contributed by atoms with Crippen molar-refractivity contribution in [1.82, 2.24) is 0 Å². The van der Waals surface area contributed by atoms with Crippen molar-refractivity contribution in [1.29, 1.82) is 0 Å². The Balaban J connectivity index is 1.83. The molecule has 2 heterocycles. The summed E-state index contributed by atoms with van der Waals surface area (Å²) in [6.07, 6.45) is -11.4. The molecule has 0 fully saturated rings. The summed E-state index contributed by atoms with van der Waals surface area (Å²) in [4.78, 5) is 0. The first-order valence-corrected chi connectivity index (χ1v) is 12.0. The predicted molar refractivity (Wildman–Crippen MR) is 110 cm³/mol. The Morgan fingerprint density at radius 1 is 0.486 bits per heavy atom. The second-order valence-corrected chi connectivity index (χ2v) is 10.7. The molecule has 0 radical (unpaired) electrons. The van der Waals surface area contributed by atoms with Crippen molar-refractivity contribution in [2.75, 3.05) is 0 Å². The summed E-state index contributed by atoms with van der Waals surface area (Å²) in [5, 5.41) is 0. The fraction of sp³-hybridized carbons (Fsp3) is 0.0909. The number of para-hydroxylation sites is 4. The van der Waals surface area contributed by atoms with Crippen molar-refractivity contribution in [3.8, 4) is 23.0 Å². The van der Waals surface area contributed by atoms with Crippen molar-refractivity contribution in [3.63, 3.8) is 0 Å². The Morgan fingerprint density at radius 3 is 1.17 bits per heavy atom. The van der Waals surface area contributed by atoms with Gasteiger partial charge < -0.3 is 0 Å². The molecule has 35 heavy (non-hydrogen) atoms. The van der Waals surface area contributed by atoms with E-state index in [1.807, 2.05) is 0 Å². The number of benzene rings is 3.